The largest absolute Gasteiger partial charge is 0.444 e. The average molecular weight is 275 g/mol. The number of nitro benzene ring substituents is 1. The zero-order chi connectivity index (χ0) is 14.7. The Bertz CT molecular complexity index is 585. The van der Waals surface area contributed by atoms with Gasteiger partial charge in [-0.2, -0.15) is 0 Å². The average Bonchev–Trinajstić information content (AvgIpc) is 2.75. The van der Waals surface area contributed by atoms with Crippen LogP contribution in [0.5, 0.6) is 0 Å². The minimum atomic E-state index is -0.403. The minimum absolute atomic E-state index is 0.0586. The Kier molecular flexibility index (Phi) is 4.14. The lowest BCUT2D eigenvalue weighted by molar-refractivity contribution is -0.384. The van der Waals surface area contributed by atoms with Crippen molar-refractivity contribution in [2.75, 3.05) is 0 Å². The zero-order valence-corrected chi connectivity index (χ0v) is 11.7. The molecule has 0 bridgehead atoms. The molecule has 1 aromatic heterocycles. The number of rotatable bonds is 5. The molecule has 0 aliphatic heterocycles. The van der Waals surface area contributed by atoms with Crippen molar-refractivity contribution in [3.63, 3.8) is 0 Å². The highest BCUT2D eigenvalue weighted by Crippen LogP contribution is 2.18. The number of non-ortho nitro benzene ring substituents is 1. The summed E-state index contributed by atoms with van der Waals surface area (Å²) in [5.74, 6) is 1.47. The molecule has 20 heavy (non-hydrogen) atoms. The summed E-state index contributed by atoms with van der Waals surface area (Å²) < 4.78 is 5.49. The molecular weight excluding hydrogens is 258 g/mol. The maximum atomic E-state index is 10.6. The van der Waals surface area contributed by atoms with Crippen LogP contribution in [0.3, 0.4) is 0 Å². The summed E-state index contributed by atoms with van der Waals surface area (Å²) in [5, 5.41) is 13.9. The number of hydrogen-bond donors (Lipinski definition) is 1. The van der Waals surface area contributed by atoms with Crippen molar-refractivity contribution in [1.82, 2.24) is 10.3 Å². The maximum absolute atomic E-state index is 10.6. The van der Waals surface area contributed by atoms with Gasteiger partial charge in [0.2, 0.25) is 5.89 Å². The molecule has 0 spiro atoms. The van der Waals surface area contributed by atoms with Gasteiger partial charge in [0.15, 0.2) is 0 Å². The van der Waals surface area contributed by atoms with E-state index in [1.165, 1.54) is 12.1 Å². The Balaban J connectivity index is 1.97. The van der Waals surface area contributed by atoms with Crippen LogP contribution in [0.2, 0.25) is 0 Å². The van der Waals surface area contributed by atoms with E-state index in [4.69, 9.17) is 4.42 Å². The Morgan fingerprint density at radius 1 is 1.35 bits per heavy atom. The van der Waals surface area contributed by atoms with E-state index in [0.29, 0.717) is 12.4 Å². The molecule has 1 aromatic carbocycles. The van der Waals surface area contributed by atoms with Crippen molar-refractivity contribution in [1.29, 1.82) is 0 Å². The first-order valence-corrected chi connectivity index (χ1v) is 6.38. The Morgan fingerprint density at radius 2 is 2.00 bits per heavy atom. The molecular formula is C14H17N3O3. The van der Waals surface area contributed by atoms with Gasteiger partial charge in [-0.3, -0.25) is 10.1 Å². The number of nitrogens with zero attached hydrogens (tertiary/aromatic N) is 2. The van der Waals surface area contributed by atoms with Crippen LogP contribution >= 0.6 is 0 Å². The predicted molar refractivity (Wildman–Crippen MR) is 74.3 cm³/mol. The van der Waals surface area contributed by atoms with Crippen LogP contribution < -0.4 is 5.32 Å². The van der Waals surface area contributed by atoms with Gasteiger partial charge in [0, 0.05) is 18.2 Å². The number of aromatic nitrogens is 1. The van der Waals surface area contributed by atoms with Crippen LogP contribution in [-0.4, -0.2) is 9.91 Å². The first kappa shape index (κ1) is 14.2. The Hall–Kier alpha value is -2.21. The van der Waals surface area contributed by atoms with E-state index < -0.39 is 4.92 Å². The molecule has 0 radical (unpaired) electrons. The lowest BCUT2D eigenvalue weighted by Crippen LogP contribution is -2.18. The van der Waals surface area contributed by atoms with Gasteiger partial charge in [0.1, 0.15) is 5.76 Å². The fourth-order valence-electron chi connectivity index (χ4n) is 1.86. The summed E-state index contributed by atoms with van der Waals surface area (Å²) >= 11 is 0. The molecule has 1 atom stereocenters. The number of hydrogen-bond acceptors (Lipinski definition) is 5. The first-order chi connectivity index (χ1) is 9.47. The third-order valence-corrected chi connectivity index (χ3v) is 3.24. The highest BCUT2D eigenvalue weighted by molar-refractivity contribution is 5.34. The number of benzene rings is 1. The van der Waals surface area contributed by atoms with Gasteiger partial charge in [0.05, 0.1) is 17.2 Å². The molecule has 6 heteroatoms. The van der Waals surface area contributed by atoms with E-state index in [1.54, 1.807) is 12.1 Å². The second-order valence-electron chi connectivity index (χ2n) is 4.70. The molecule has 1 N–H and O–H groups in total. The maximum Gasteiger partial charge on any atom is 0.269 e. The molecule has 0 aliphatic carbocycles. The summed E-state index contributed by atoms with van der Waals surface area (Å²) in [4.78, 5) is 14.5. The van der Waals surface area contributed by atoms with E-state index >= 15 is 0 Å². The summed E-state index contributed by atoms with van der Waals surface area (Å²) in [6.07, 6.45) is 0. The molecule has 106 valence electrons. The Morgan fingerprint density at radius 3 is 2.50 bits per heavy atom. The number of oxazole rings is 1. The normalized spacial score (nSPS) is 12.3. The van der Waals surface area contributed by atoms with Crippen LogP contribution in [0.1, 0.15) is 35.9 Å². The number of nitrogens with one attached hydrogen (secondary N) is 1. The van der Waals surface area contributed by atoms with Crippen LogP contribution in [0.15, 0.2) is 28.7 Å². The van der Waals surface area contributed by atoms with Crippen molar-refractivity contribution in [3.8, 4) is 0 Å². The van der Waals surface area contributed by atoms with Crippen LogP contribution in [0.25, 0.3) is 0 Å². The zero-order valence-electron chi connectivity index (χ0n) is 11.7. The van der Waals surface area contributed by atoms with Gasteiger partial charge in [-0.1, -0.05) is 12.1 Å². The van der Waals surface area contributed by atoms with Crippen molar-refractivity contribution in [2.24, 2.45) is 0 Å². The molecule has 0 fully saturated rings. The van der Waals surface area contributed by atoms with Gasteiger partial charge >= 0.3 is 0 Å². The molecule has 0 saturated carbocycles. The van der Waals surface area contributed by atoms with Gasteiger partial charge in [-0.25, -0.2) is 4.98 Å². The summed E-state index contributed by atoms with van der Waals surface area (Å²) in [5.41, 5.74) is 1.97. The standard InChI is InChI=1S/C14H17N3O3/c1-9-11(3)20-14(16-9)8-15-10(2)12-4-6-13(7-5-12)17(18)19/h4-7,10,15H,8H2,1-3H3. The lowest BCUT2D eigenvalue weighted by Gasteiger charge is -2.12. The molecule has 0 saturated heterocycles. The van der Waals surface area contributed by atoms with Crippen LogP contribution in [-0.2, 0) is 6.54 Å². The van der Waals surface area contributed by atoms with Crippen LogP contribution in [0, 0.1) is 24.0 Å². The molecule has 0 amide bonds. The van der Waals surface area contributed by atoms with Crippen molar-refractivity contribution >= 4 is 5.69 Å². The third kappa shape index (κ3) is 3.21. The van der Waals surface area contributed by atoms with Gasteiger partial charge in [-0.05, 0) is 26.3 Å². The molecule has 0 aliphatic rings. The second-order valence-corrected chi connectivity index (χ2v) is 4.70. The smallest absolute Gasteiger partial charge is 0.269 e. The molecule has 1 heterocycles. The predicted octanol–water partition coefficient (Wildman–Crippen LogP) is 3.05. The van der Waals surface area contributed by atoms with E-state index in [2.05, 4.69) is 10.3 Å². The summed E-state index contributed by atoms with van der Waals surface area (Å²) in [7, 11) is 0. The molecule has 2 rings (SSSR count). The fourth-order valence-corrected chi connectivity index (χ4v) is 1.86. The van der Waals surface area contributed by atoms with Crippen molar-refractivity contribution in [2.45, 2.75) is 33.4 Å². The third-order valence-electron chi connectivity index (χ3n) is 3.24. The van der Waals surface area contributed by atoms with Crippen LogP contribution in [0.4, 0.5) is 5.69 Å². The molecule has 6 nitrogen and oxygen atoms in total. The SMILES string of the molecule is Cc1nc(CNC(C)c2ccc([N+](=O)[O-])cc2)oc1C. The fraction of sp³-hybridized carbons (Fsp3) is 0.357. The Labute approximate surface area is 117 Å². The van der Waals surface area contributed by atoms with E-state index in [-0.39, 0.29) is 11.7 Å². The summed E-state index contributed by atoms with van der Waals surface area (Å²) in [6, 6.07) is 6.58. The lowest BCUT2D eigenvalue weighted by atomic mass is 10.1. The van der Waals surface area contributed by atoms with Gasteiger partial charge in [-0.15, -0.1) is 0 Å². The van der Waals surface area contributed by atoms with Gasteiger partial charge in [0.25, 0.3) is 5.69 Å². The molecule has 1 unspecified atom stereocenters. The van der Waals surface area contributed by atoms with E-state index in [1.807, 2.05) is 20.8 Å². The number of nitro groups is 1. The first-order valence-electron chi connectivity index (χ1n) is 6.38. The monoisotopic (exact) mass is 275 g/mol. The highest BCUT2D eigenvalue weighted by atomic mass is 16.6. The summed E-state index contributed by atoms with van der Waals surface area (Å²) in [6.45, 7) is 6.30. The topological polar surface area (TPSA) is 81.2 Å². The van der Waals surface area contributed by atoms with E-state index in [9.17, 15) is 10.1 Å². The highest BCUT2D eigenvalue weighted by Gasteiger charge is 2.11. The quantitative estimate of drug-likeness (QED) is 0.670. The van der Waals surface area contributed by atoms with Crippen molar-refractivity contribution < 1.29 is 9.34 Å². The van der Waals surface area contributed by atoms with Gasteiger partial charge < -0.3 is 9.73 Å². The number of aryl methyl sites for hydroxylation is 2. The molecule has 2 aromatic rings. The van der Waals surface area contributed by atoms with E-state index in [0.717, 1.165) is 17.0 Å². The minimum Gasteiger partial charge on any atom is -0.444 e. The second kappa shape index (κ2) is 5.83. The van der Waals surface area contributed by atoms with Crippen molar-refractivity contribution in [3.05, 3.63) is 57.3 Å².